The Morgan fingerprint density at radius 2 is 1.32 bits per heavy atom. The van der Waals surface area contributed by atoms with Crippen LogP contribution in [0.2, 0.25) is 0 Å². The third-order valence-electron chi connectivity index (χ3n) is 9.92. The van der Waals surface area contributed by atoms with Crippen molar-refractivity contribution in [3.8, 4) is 0 Å². The van der Waals surface area contributed by atoms with Crippen LogP contribution in [-0.2, 0) is 41.6 Å². The van der Waals surface area contributed by atoms with E-state index in [-0.39, 0.29) is 42.8 Å². The summed E-state index contributed by atoms with van der Waals surface area (Å²) in [5.74, 6) is -1.86. The number of rotatable bonds is 20. The summed E-state index contributed by atoms with van der Waals surface area (Å²) in [6.07, 6.45) is 4.17. The van der Waals surface area contributed by atoms with Gasteiger partial charge in [-0.05, 0) is 75.5 Å². The molecule has 13 nitrogen and oxygen atoms in total. The van der Waals surface area contributed by atoms with Gasteiger partial charge in [-0.25, -0.2) is 0 Å². The quantitative estimate of drug-likeness (QED) is 0.0996. The minimum absolute atomic E-state index is 0.0298. The maximum Gasteiger partial charge on any atom is 0.320 e. The Kier molecular flexibility index (Phi) is 16.2. The first kappa shape index (κ1) is 41.4. The van der Waals surface area contributed by atoms with Crippen molar-refractivity contribution in [3.63, 3.8) is 0 Å². The second kappa shape index (κ2) is 20.8. The zero-order valence-corrected chi connectivity index (χ0v) is 31.5. The standard InChI is InChI=1S/C40H59N7O6/c1-4-53-36(48)26-46-24-30-18-19-31(25-46)47(30)40(52)33(17-11-12-20-41)43-38(50)34(21-27(2)3)45-39(51)35(23-29-15-9-6-10-16-29)44-37(49)32(42)22-28-13-7-5-8-14-28/h5-10,13-16,27,30-35H,4,11-12,17-26,41-42H2,1-3H3,(H,43,50)(H,44,49)(H,45,51). The van der Waals surface area contributed by atoms with Gasteiger partial charge in [0, 0.05) is 31.6 Å². The Hall–Kier alpha value is -4.33. The Bertz CT molecular complexity index is 1480. The molecule has 6 atom stereocenters. The zero-order chi connectivity index (χ0) is 38.3. The predicted octanol–water partition coefficient (Wildman–Crippen LogP) is 1.67. The number of likely N-dealkylation sites (tertiary alicyclic amines) is 1. The highest BCUT2D eigenvalue weighted by atomic mass is 16.5. The van der Waals surface area contributed by atoms with Crippen LogP contribution in [0.4, 0.5) is 0 Å². The first-order valence-corrected chi connectivity index (χ1v) is 19.1. The number of carbonyl (C=O) groups is 5. The highest BCUT2D eigenvalue weighted by Crippen LogP contribution is 2.31. The van der Waals surface area contributed by atoms with E-state index in [1.807, 2.05) is 84.3 Å². The molecule has 0 radical (unpaired) electrons. The van der Waals surface area contributed by atoms with Gasteiger partial charge in [-0.15, -0.1) is 0 Å². The van der Waals surface area contributed by atoms with Gasteiger partial charge in [0.1, 0.15) is 18.1 Å². The van der Waals surface area contributed by atoms with Gasteiger partial charge in [-0.1, -0.05) is 74.5 Å². The number of nitrogens with one attached hydrogen (secondary N) is 3. The average molecular weight is 734 g/mol. The molecule has 0 aromatic heterocycles. The van der Waals surface area contributed by atoms with Crippen LogP contribution in [0.15, 0.2) is 60.7 Å². The van der Waals surface area contributed by atoms with Crippen LogP contribution in [-0.4, -0.2) is 108 Å². The normalized spacial score (nSPS) is 19.2. The third kappa shape index (κ3) is 12.6. The molecule has 2 heterocycles. The van der Waals surface area contributed by atoms with Gasteiger partial charge in [0.15, 0.2) is 0 Å². The SMILES string of the molecule is CCOC(=O)CN1CC2CCC(C1)N2C(=O)C(CCCCN)NC(=O)C(CC(C)C)NC(=O)C(Cc1ccccc1)NC(=O)C(N)Cc1ccccc1. The zero-order valence-electron chi connectivity index (χ0n) is 31.5. The molecule has 4 amide bonds. The van der Waals surface area contributed by atoms with Crippen molar-refractivity contribution in [2.75, 3.05) is 32.8 Å². The fourth-order valence-corrected chi connectivity index (χ4v) is 7.34. The number of piperazine rings is 1. The molecule has 4 rings (SSSR count). The summed E-state index contributed by atoms with van der Waals surface area (Å²) >= 11 is 0. The van der Waals surface area contributed by atoms with E-state index in [9.17, 15) is 24.0 Å². The molecule has 0 saturated carbocycles. The summed E-state index contributed by atoms with van der Waals surface area (Å²) in [6, 6.07) is 14.9. The molecule has 290 valence electrons. The molecule has 0 aliphatic carbocycles. The topological polar surface area (TPSA) is 189 Å². The van der Waals surface area contributed by atoms with Gasteiger partial charge >= 0.3 is 5.97 Å². The van der Waals surface area contributed by atoms with Gasteiger partial charge < -0.3 is 37.1 Å². The predicted molar refractivity (Wildman–Crippen MR) is 203 cm³/mol. The number of esters is 1. The molecule has 2 bridgehead atoms. The summed E-state index contributed by atoms with van der Waals surface area (Å²) in [7, 11) is 0. The fourth-order valence-electron chi connectivity index (χ4n) is 7.34. The van der Waals surface area contributed by atoms with Crippen LogP contribution >= 0.6 is 0 Å². The molecule has 2 aliphatic rings. The maximum atomic E-state index is 14.2. The monoisotopic (exact) mass is 733 g/mol. The maximum absolute atomic E-state index is 14.2. The average Bonchev–Trinajstić information content (AvgIpc) is 3.40. The van der Waals surface area contributed by atoms with Gasteiger partial charge in [-0.2, -0.15) is 0 Å². The molecule has 2 aliphatic heterocycles. The first-order chi connectivity index (χ1) is 25.5. The largest absolute Gasteiger partial charge is 0.465 e. The van der Waals surface area contributed by atoms with E-state index >= 15 is 0 Å². The van der Waals surface area contributed by atoms with Gasteiger partial charge in [0.25, 0.3) is 0 Å². The lowest BCUT2D eigenvalue weighted by Gasteiger charge is -2.42. The molecule has 0 spiro atoms. The molecular formula is C40H59N7O6. The number of nitrogens with zero attached hydrogens (tertiary/aromatic N) is 2. The molecule has 2 saturated heterocycles. The van der Waals surface area contributed by atoms with Gasteiger partial charge in [0.2, 0.25) is 23.6 Å². The van der Waals surface area contributed by atoms with Crippen molar-refractivity contribution in [1.29, 1.82) is 0 Å². The highest BCUT2D eigenvalue weighted by molar-refractivity contribution is 5.95. The number of unbranched alkanes of at least 4 members (excludes halogenated alkanes) is 1. The first-order valence-electron chi connectivity index (χ1n) is 19.1. The lowest BCUT2D eigenvalue weighted by Crippen LogP contribution is -2.62. The third-order valence-corrected chi connectivity index (χ3v) is 9.92. The molecule has 13 heteroatoms. The second-order valence-electron chi connectivity index (χ2n) is 14.7. The summed E-state index contributed by atoms with van der Waals surface area (Å²) in [5.41, 5.74) is 13.8. The van der Waals surface area contributed by atoms with Crippen molar-refractivity contribution in [2.45, 2.75) is 108 Å². The van der Waals surface area contributed by atoms with E-state index in [2.05, 4.69) is 16.0 Å². The number of fused-ring (bicyclic) bond motifs is 2. The van der Waals surface area contributed by atoms with E-state index in [1.54, 1.807) is 6.92 Å². The number of hydrogen-bond donors (Lipinski definition) is 5. The number of carbonyl (C=O) groups excluding carboxylic acids is 5. The lowest BCUT2D eigenvalue weighted by atomic mass is 9.99. The van der Waals surface area contributed by atoms with E-state index in [1.165, 1.54) is 0 Å². The Morgan fingerprint density at radius 3 is 1.89 bits per heavy atom. The van der Waals surface area contributed by atoms with Crippen LogP contribution in [0.1, 0.15) is 70.4 Å². The number of nitrogens with two attached hydrogens (primary N) is 2. The van der Waals surface area contributed by atoms with Crippen molar-refractivity contribution in [2.24, 2.45) is 17.4 Å². The minimum atomic E-state index is -1.00. The smallest absolute Gasteiger partial charge is 0.320 e. The molecular weight excluding hydrogens is 674 g/mol. The van der Waals surface area contributed by atoms with E-state index in [0.29, 0.717) is 58.3 Å². The molecule has 2 aromatic rings. The Balaban J connectivity index is 1.48. The van der Waals surface area contributed by atoms with Crippen molar-refractivity contribution in [3.05, 3.63) is 71.8 Å². The summed E-state index contributed by atoms with van der Waals surface area (Å²) in [5, 5.41) is 8.77. The second-order valence-corrected chi connectivity index (χ2v) is 14.7. The molecule has 53 heavy (non-hydrogen) atoms. The number of amides is 4. The number of benzene rings is 2. The lowest BCUT2D eigenvalue weighted by molar-refractivity contribution is -0.147. The minimum Gasteiger partial charge on any atom is -0.465 e. The van der Waals surface area contributed by atoms with E-state index in [0.717, 1.165) is 24.0 Å². The van der Waals surface area contributed by atoms with Crippen LogP contribution in [0, 0.1) is 5.92 Å². The highest BCUT2D eigenvalue weighted by Gasteiger charge is 2.45. The van der Waals surface area contributed by atoms with Gasteiger partial charge in [0.05, 0.1) is 19.2 Å². The summed E-state index contributed by atoms with van der Waals surface area (Å²) in [6.45, 7) is 7.76. The number of ether oxygens (including phenoxy) is 1. The summed E-state index contributed by atoms with van der Waals surface area (Å²) < 4.78 is 5.14. The van der Waals surface area contributed by atoms with Crippen LogP contribution in [0.25, 0.3) is 0 Å². The van der Waals surface area contributed by atoms with Crippen molar-refractivity contribution in [1.82, 2.24) is 25.8 Å². The molecule has 7 N–H and O–H groups in total. The number of hydrogen-bond acceptors (Lipinski definition) is 9. The van der Waals surface area contributed by atoms with E-state index in [4.69, 9.17) is 16.2 Å². The van der Waals surface area contributed by atoms with Crippen LogP contribution in [0.3, 0.4) is 0 Å². The van der Waals surface area contributed by atoms with Crippen molar-refractivity contribution >= 4 is 29.6 Å². The van der Waals surface area contributed by atoms with Crippen molar-refractivity contribution < 1.29 is 28.7 Å². The molecule has 2 aromatic carbocycles. The molecule has 6 unspecified atom stereocenters. The Labute approximate surface area is 313 Å². The summed E-state index contributed by atoms with van der Waals surface area (Å²) in [4.78, 5) is 71.8. The van der Waals surface area contributed by atoms with Crippen LogP contribution < -0.4 is 27.4 Å². The fraction of sp³-hybridized carbons (Fsp3) is 0.575. The van der Waals surface area contributed by atoms with Gasteiger partial charge in [-0.3, -0.25) is 28.9 Å². The molecule has 2 fully saturated rings. The Morgan fingerprint density at radius 1 is 0.774 bits per heavy atom. The van der Waals surface area contributed by atoms with Crippen LogP contribution in [0.5, 0.6) is 0 Å². The van der Waals surface area contributed by atoms with E-state index < -0.39 is 41.9 Å².